The maximum absolute atomic E-state index is 13.4. The summed E-state index contributed by atoms with van der Waals surface area (Å²) in [6.07, 6.45) is 3.36. The number of hydrogen-bond donors (Lipinski definition) is 1. The Morgan fingerprint density at radius 2 is 1.72 bits per heavy atom. The zero-order chi connectivity index (χ0) is 25.3. The summed E-state index contributed by atoms with van der Waals surface area (Å²) in [4.78, 5) is 8.31. The van der Waals surface area contributed by atoms with E-state index in [1.165, 1.54) is 0 Å². The van der Waals surface area contributed by atoms with Gasteiger partial charge in [-0.1, -0.05) is 28.9 Å². The van der Waals surface area contributed by atoms with Crippen molar-refractivity contribution in [2.24, 2.45) is 0 Å². The van der Waals surface area contributed by atoms with E-state index in [0.29, 0.717) is 29.2 Å². The van der Waals surface area contributed by atoms with E-state index in [1.807, 2.05) is 4.57 Å². The second-order valence-electron chi connectivity index (χ2n) is 7.74. The van der Waals surface area contributed by atoms with E-state index < -0.39 is 21.7 Å². The Morgan fingerprint density at radius 3 is 2.44 bits per heavy atom. The van der Waals surface area contributed by atoms with Crippen molar-refractivity contribution in [1.82, 2.24) is 19.7 Å². The first kappa shape index (κ1) is 23.6. The molecule has 0 unspecified atom stereocenters. The molecule has 0 aliphatic heterocycles. The van der Waals surface area contributed by atoms with Crippen LogP contribution in [0.15, 0.2) is 88.7 Å². The topological polar surface area (TPSA) is 103 Å². The molecule has 0 atom stereocenters. The zero-order valence-corrected chi connectivity index (χ0v) is 19.8. The fraction of sp³-hybridized carbons (Fsp3) is 0.0417. The summed E-state index contributed by atoms with van der Waals surface area (Å²) >= 11 is 5.91. The van der Waals surface area contributed by atoms with Gasteiger partial charge in [0.25, 0.3) is 15.9 Å². The first-order chi connectivity index (χ1) is 17.3. The molecule has 3 aromatic carbocycles. The number of nitrogens with one attached hydrogen (secondary N) is 1. The van der Waals surface area contributed by atoms with Gasteiger partial charge in [-0.05, 0) is 60.2 Å². The van der Waals surface area contributed by atoms with Gasteiger partial charge in [-0.25, -0.2) is 22.2 Å². The molecule has 8 nitrogen and oxygen atoms in total. The average molecular weight is 528 g/mol. The molecule has 182 valence electrons. The summed E-state index contributed by atoms with van der Waals surface area (Å²) < 4.78 is 60.9. The van der Waals surface area contributed by atoms with Crippen LogP contribution in [0.3, 0.4) is 0 Å². The first-order valence-electron chi connectivity index (χ1n) is 10.5. The number of nitrogens with zero attached hydrogens (tertiary/aromatic N) is 4. The van der Waals surface area contributed by atoms with Crippen LogP contribution in [0.4, 0.5) is 14.5 Å². The van der Waals surface area contributed by atoms with Gasteiger partial charge in [0.15, 0.2) is 11.6 Å². The summed E-state index contributed by atoms with van der Waals surface area (Å²) in [7, 11) is -4.07. The van der Waals surface area contributed by atoms with Crippen LogP contribution in [-0.4, -0.2) is 28.1 Å². The Balaban J connectivity index is 1.25. The summed E-state index contributed by atoms with van der Waals surface area (Å²) in [5.74, 6) is -1.69. The molecule has 0 bridgehead atoms. The van der Waals surface area contributed by atoms with Crippen molar-refractivity contribution in [3.63, 3.8) is 0 Å². The number of halogens is 3. The largest absolute Gasteiger partial charge is 0.332 e. The monoisotopic (exact) mass is 527 g/mol. The summed E-state index contributed by atoms with van der Waals surface area (Å²) in [6, 6.07) is 16.0. The van der Waals surface area contributed by atoms with Gasteiger partial charge in [0.05, 0.1) is 11.2 Å². The van der Waals surface area contributed by atoms with Crippen LogP contribution >= 0.6 is 11.6 Å². The number of benzene rings is 3. The van der Waals surface area contributed by atoms with Crippen LogP contribution in [0, 0.1) is 11.6 Å². The fourth-order valence-electron chi connectivity index (χ4n) is 3.35. The highest BCUT2D eigenvalue weighted by Gasteiger charge is 2.17. The van der Waals surface area contributed by atoms with Gasteiger partial charge in [-0.15, -0.1) is 0 Å². The van der Waals surface area contributed by atoms with Crippen molar-refractivity contribution in [3.8, 4) is 23.0 Å². The maximum atomic E-state index is 13.4. The molecule has 36 heavy (non-hydrogen) atoms. The van der Waals surface area contributed by atoms with E-state index in [-0.39, 0.29) is 16.5 Å². The minimum absolute atomic E-state index is 0.265. The summed E-state index contributed by atoms with van der Waals surface area (Å²) in [5.41, 5.74) is 2.39. The number of hydrogen-bond acceptors (Lipinski definition) is 6. The molecule has 0 radical (unpaired) electrons. The van der Waals surface area contributed by atoms with E-state index in [4.69, 9.17) is 16.1 Å². The van der Waals surface area contributed by atoms with Crippen LogP contribution in [0.5, 0.6) is 0 Å². The third-order valence-electron chi connectivity index (χ3n) is 5.15. The van der Waals surface area contributed by atoms with Crippen LogP contribution < -0.4 is 4.72 Å². The molecular formula is C24H16ClF2N5O3S. The molecular weight excluding hydrogens is 512 g/mol. The molecule has 0 amide bonds. The van der Waals surface area contributed by atoms with E-state index in [2.05, 4.69) is 19.8 Å². The number of rotatable bonds is 7. The van der Waals surface area contributed by atoms with E-state index in [0.717, 1.165) is 23.3 Å². The molecule has 5 rings (SSSR count). The van der Waals surface area contributed by atoms with Crippen molar-refractivity contribution in [1.29, 1.82) is 0 Å². The predicted molar refractivity (Wildman–Crippen MR) is 129 cm³/mol. The number of aromatic nitrogens is 4. The molecule has 0 saturated carbocycles. The van der Waals surface area contributed by atoms with Crippen molar-refractivity contribution in [3.05, 3.63) is 101 Å². The second kappa shape index (κ2) is 9.51. The Labute approximate surface area is 209 Å². The fourth-order valence-corrected chi connectivity index (χ4v) is 4.54. The van der Waals surface area contributed by atoms with Crippen LogP contribution in [0.2, 0.25) is 5.02 Å². The highest BCUT2D eigenvalue weighted by molar-refractivity contribution is 7.92. The number of anilines is 1. The molecule has 2 heterocycles. The summed E-state index contributed by atoms with van der Waals surface area (Å²) in [5, 5.41) is 4.59. The highest BCUT2D eigenvalue weighted by atomic mass is 35.5. The van der Waals surface area contributed by atoms with Crippen molar-refractivity contribution < 1.29 is 21.7 Å². The SMILES string of the molecule is O=S(=O)(Nc1ccc(Cn2cnc(-c3nc(-c4ccc(Cl)cc4)no3)c2)cc1)c1ccc(F)c(F)c1. The number of imidazole rings is 1. The normalized spacial score (nSPS) is 11.5. The predicted octanol–water partition coefficient (Wildman–Crippen LogP) is 5.38. The third-order valence-corrected chi connectivity index (χ3v) is 6.78. The van der Waals surface area contributed by atoms with E-state index in [1.54, 1.807) is 61.1 Å². The molecule has 2 aromatic heterocycles. The van der Waals surface area contributed by atoms with E-state index in [9.17, 15) is 17.2 Å². The molecule has 5 aromatic rings. The third kappa shape index (κ3) is 5.11. The molecule has 0 fully saturated rings. The highest BCUT2D eigenvalue weighted by Crippen LogP contribution is 2.23. The molecule has 0 spiro atoms. The second-order valence-corrected chi connectivity index (χ2v) is 9.86. The van der Waals surface area contributed by atoms with Gasteiger partial charge >= 0.3 is 0 Å². The minimum Gasteiger partial charge on any atom is -0.332 e. The molecule has 1 N–H and O–H groups in total. The van der Waals surface area contributed by atoms with Gasteiger partial charge in [0.2, 0.25) is 5.82 Å². The lowest BCUT2D eigenvalue weighted by Gasteiger charge is -2.09. The molecule has 12 heteroatoms. The average Bonchev–Trinajstić information content (AvgIpc) is 3.52. The first-order valence-corrected chi connectivity index (χ1v) is 12.3. The maximum Gasteiger partial charge on any atom is 0.278 e. The molecule has 0 aliphatic rings. The Bertz CT molecular complexity index is 1640. The lowest BCUT2D eigenvalue weighted by Crippen LogP contribution is -2.13. The van der Waals surface area contributed by atoms with Gasteiger partial charge in [0.1, 0.15) is 5.69 Å². The summed E-state index contributed by atoms with van der Waals surface area (Å²) in [6.45, 7) is 0.446. The van der Waals surface area contributed by atoms with Gasteiger partial charge in [0, 0.05) is 29.0 Å². The minimum atomic E-state index is -4.07. The molecule has 0 aliphatic carbocycles. The van der Waals surface area contributed by atoms with Gasteiger partial charge < -0.3 is 9.09 Å². The van der Waals surface area contributed by atoms with Crippen molar-refractivity contribution in [2.75, 3.05) is 4.72 Å². The Morgan fingerprint density at radius 1 is 0.972 bits per heavy atom. The van der Waals surface area contributed by atoms with Gasteiger partial charge in [-0.2, -0.15) is 4.98 Å². The Kier molecular flexibility index (Phi) is 6.25. The van der Waals surface area contributed by atoms with Gasteiger partial charge in [-0.3, -0.25) is 4.72 Å². The van der Waals surface area contributed by atoms with Crippen molar-refractivity contribution in [2.45, 2.75) is 11.4 Å². The van der Waals surface area contributed by atoms with E-state index >= 15 is 0 Å². The van der Waals surface area contributed by atoms with Crippen LogP contribution in [0.1, 0.15) is 5.56 Å². The lowest BCUT2D eigenvalue weighted by molar-refractivity contribution is 0.431. The Hall–Kier alpha value is -4.09. The van der Waals surface area contributed by atoms with Crippen LogP contribution in [0.25, 0.3) is 23.0 Å². The smallest absolute Gasteiger partial charge is 0.278 e. The standard InChI is InChI=1S/C24H16ClF2N5O3S/c25-17-5-3-16(4-6-17)23-29-24(35-30-23)22-13-32(14-28-22)12-15-1-7-18(8-2-15)31-36(33,34)19-9-10-20(26)21(27)11-19/h1-11,13-14,31H,12H2. The van der Waals surface area contributed by atoms with Crippen LogP contribution in [-0.2, 0) is 16.6 Å². The van der Waals surface area contributed by atoms with Crippen molar-refractivity contribution >= 4 is 27.3 Å². The molecule has 0 saturated heterocycles. The lowest BCUT2D eigenvalue weighted by atomic mass is 10.2. The number of sulfonamides is 1. The zero-order valence-electron chi connectivity index (χ0n) is 18.3. The quantitative estimate of drug-likeness (QED) is 0.305.